The van der Waals surface area contributed by atoms with Crippen LogP contribution in [0.15, 0.2) is 12.4 Å². The van der Waals surface area contributed by atoms with Crippen molar-refractivity contribution in [3.05, 3.63) is 29.1 Å². The van der Waals surface area contributed by atoms with Crippen molar-refractivity contribution in [2.24, 2.45) is 0 Å². The number of carbonyl (C=O) groups is 2. The van der Waals surface area contributed by atoms with Gasteiger partial charge >= 0.3 is 6.09 Å². The summed E-state index contributed by atoms with van der Waals surface area (Å²) in [7, 11) is 0. The highest BCUT2D eigenvalue weighted by atomic mass is 16.6. The first-order chi connectivity index (χ1) is 11.2. The van der Waals surface area contributed by atoms with E-state index in [1.54, 1.807) is 24.2 Å². The van der Waals surface area contributed by atoms with Crippen LogP contribution in [0.2, 0.25) is 0 Å². The fraction of sp³-hybridized carbons (Fsp3) is 0.588. The van der Waals surface area contributed by atoms with E-state index in [2.05, 4.69) is 4.98 Å². The molecular formula is C17H23N3O3. The van der Waals surface area contributed by atoms with E-state index in [1.165, 1.54) is 6.42 Å². The number of piperidine rings is 1. The smallest absolute Gasteiger partial charge is 0.410 e. The topological polar surface area (TPSA) is 62.7 Å². The molecule has 3 rings (SSSR count). The average Bonchev–Trinajstić information content (AvgIpc) is 2.61. The fourth-order valence-electron chi connectivity index (χ4n) is 3.32. The Bertz CT molecular complexity index is 597. The summed E-state index contributed by atoms with van der Waals surface area (Å²) in [6.07, 6.45) is 7.15. The van der Waals surface area contributed by atoms with Crippen molar-refractivity contribution in [3.8, 4) is 0 Å². The summed E-state index contributed by atoms with van der Waals surface area (Å²) in [4.78, 5) is 32.5. The first-order valence-corrected chi connectivity index (χ1v) is 8.37. The van der Waals surface area contributed by atoms with Crippen LogP contribution >= 0.6 is 0 Å². The first kappa shape index (κ1) is 15.8. The molecule has 0 bridgehead atoms. The van der Waals surface area contributed by atoms with Crippen molar-refractivity contribution >= 4 is 12.0 Å². The van der Waals surface area contributed by atoms with Gasteiger partial charge in [-0.15, -0.1) is 0 Å². The SMILES string of the molecule is CCOC(=O)N1CCc2c(cncc2C(=O)N2CCCCC2)C1. The molecule has 0 saturated carbocycles. The van der Waals surface area contributed by atoms with E-state index < -0.39 is 0 Å². The number of pyridine rings is 1. The molecule has 0 radical (unpaired) electrons. The van der Waals surface area contributed by atoms with E-state index in [1.807, 2.05) is 4.90 Å². The van der Waals surface area contributed by atoms with Gasteiger partial charge in [-0.1, -0.05) is 0 Å². The molecule has 2 aliphatic heterocycles. The van der Waals surface area contributed by atoms with Gasteiger partial charge in [0.1, 0.15) is 0 Å². The number of carbonyl (C=O) groups excluding carboxylic acids is 2. The second-order valence-electron chi connectivity index (χ2n) is 6.05. The van der Waals surface area contributed by atoms with Crippen molar-refractivity contribution in [1.82, 2.24) is 14.8 Å². The highest BCUT2D eigenvalue weighted by Gasteiger charge is 2.27. The molecule has 1 aromatic heterocycles. The third-order valence-electron chi connectivity index (χ3n) is 4.54. The van der Waals surface area contributed by atoms with Gasteiger partial charge in [0.05, 0.1) is 18.7 Å². The lowest BCUT2D eigenvalue weighted by Crippen LogP contribution is -2.39. The number of fused-ring (bicyclic) bond motifs is 1. The van der Waals surface area contributed by atoms with Gasteiger partial charge in [0, 0.05) is 32.0 Å². The highest BCUT2D eigenvalue weighted by molar-refractivity contribution is 5.96. The van der Waals surface area contributed by atoms with Crippen LogP contribution in [0.1, 0.15) is 47.7 Å². The zero-order valence-electron chi connectivity index (χ0n) is 13.6. The summed E-state index contributed by atoms with van der Waals surface area (Å²) in [5.74, 6) is 0.0821. The Labute approximate surface area is 136 Å². The predicted molar refractivity (Wildman–Crippen MR) is 85.1 cm³/mol. The maximum Gasteiger partial charge on any atom is 0.410 e. The van der Waals surface area contributed by atoms with Gasteiger partial charge in [-0.3, -0.25) is 9.78 Å². The Hall–Kier alpha value is -2.11. The third-order valence-corrected chi connectivity index (χ3v) is 4.54. The maximum absolute atomic E-state index is 12.8. The van der Waals surface area contributed by atoms with Gasteiger partial charge in [0.15, 0.2) is 0 Å². The Morgan fingerprint density at radius 3 is 2.65 bits per heavy atom. The van der Waals surface area contributed by atoms with Crippen LogP contribution in [-0.2, 0) is 17.7 Å². The standard InChI is InChI=1S/C17H23N3O3/c1-2-23-17(22)20-9-6-14-13(12-20)10-18-11-15(14)16(21)19-7-4-3-5-8-19/h10-11H,2-9,12H2,1H3. The molecule has 0 spiro atoms. The van der Waals surface area contributed by atoms with Gasteiger partial charge in [0.25, 0.3) is 5.91 Å². The Kier molecular flexibility index (Phi) is 4.79. The van der Waals surface area contributed by atoms with E-state index >= 15 is 0 Å². The molecule has 3 heterocycles. The Morgan fingerprint density at radius 2 is 1.91 bits per heavy atom. The van der Waals surface area contributed by atoms with Gasteiger partial charge < -0.3 is 14.5 Å². The molecule has 23 heavy (non-hydrogen) atoms. The summed E-state index contributed by atoms with van der Waals surface area (Å²) in [6.45, 7) is 4.87. The number of hydrogen-bond donors (Lipinski definition) is 0. The van der Waals surface area contributed by atoms with Crippen LogP contribution in [-0.4, -0.2) is 53.0 Å². The maximum atomic E-state index is 12.8. The second-order valence-corrected chi connectivity index (χ2v) is 6.05. The molecule has 124 valence electrons. The molecule has 1 fully saturated rings. The van der Waals surface area contributed by atoms with Crippen LogP contribution in [0, 0.1) is 0 Å². The van der Waals surface area contributed by atoms with E-state index in [-0.39, 0.29) is 12.0 Å². The molecule has 0 unspecified atom stereocenters. The van der Waals surface area contributed by atoms with Gasteiger partial charge in [-0.25, -0.2) is 4.79 Å². The monoisotopic (exact) mass is 317 g/mol. The molecule has 6 nitrogen and oxygen atoms in total. The number of ether oxygens (including phenoxy) is 1. The van der Waals surface area contributed by atoms with Crippen molar-refractivity contribution < 1.29 is 14.3 Å². The van der Waals surface area contributed by atoms with E-state index in [4.69, 9.17) is 4.74 Å². The fourth-order valence-corrected chi connectivity index (χ4v) is 3.32. The lowest BCUT2D eigenvalue weighted by atomic mass is 9.96. The summed E-state index contributed by atoms with van der Waals surface area (Å²) < 4.78 is 5.06. The van der Waals surface area contributed by atoms with Crippen LogP contribution in [0.25, 0.3) is 0 Å². The van der Waals surface area contributed by atoms with Crippen molar-refractivity contribution in [1.29, 1.82) is 0 Å². The largest absolute Gasteiger partial charge is 0.450 e. The summed E-state index contributed by atoms with van der Waals surface area (Å²) in [5, 5.41) is 0. The van der Waals surface area contributed by atoms with Gasteiger partial charge in [-0.2, -0.15) is 0 Å². The van der Waals surface area contributed by atoms with E-state index in [0.717, 1.165) is 37.1 Å². The van der Waals surface area contributed by atoms with E-state index in [0.29, 0.717) is 31.7 Å². The number of amides is 2. The molecule has 0 aliphatic carbocycles. The number of rotatable bonds is 2. The highest BCUT2D eigenvalue weighted by Crippen LogP contribution is 2.24. The van der Waals surface area contributed by atoms with Gasteiger partial charge in [0.2, 0.25) is 0 Å². The normalized spacial score (nSPS) is 17.6. The third kappa shape index (κ3) is 3.30. The van der Waals surface area contributed by atoms with Crippen LogP contribution in [0.4, 0.5) is 4.79 Å². The molecule has 6 heteroatoms. The minimum atomic E-state index is -0.300. The molecule has 1 aromatic rings. The quantitative estimate of drug-likeness (QED) is 0.839. The number of nitrogens with zero attached hydrogens (tertiary/aromatic N) is 3. The van der Waals surface area contributed by atoms with Gasteiger partial charge in [-0.05, 0) is 43.7 Å². The molecule has 0 aromatic carbocycles. The van der Waals surface area contributed by atoms with Crippen molar-refractivity contribution in [2.45, 2.75) is 39.2 Å². The first-order valence-electron chi connectivity index (χ1n) is 8.37. The average molecular weight is 317 g/mol. The number of aromatic nitrogens is 1. The molecule has 0 N–H and O–H groups in total. The molecule has 0 atom stereocenters. The Morgan fingerprint density at radius 1 is 1.13 bits per heavy atom. The lowest BCUT2D eigenvalue weighted by Gasteiger charge is -2.31. The summed E-state index contributed by atoms with van der Waals surface area (Å²) in [5.41, 5.74) is 2.69. The van der Waals surface area contributed by atoms with Crippen molar-refractivity contribution in [2.75, 3.05) is 26.2 Å². The molecule has 2 amide bonds. The minimum Gasteiger partial charge on any atom is -0.450 e. The second kappa shape index (κ2) is 6.98. The number of hydrogen-bond acceptors (Lipinski definition) is 4. The summed E-state index contributed by atoms with van der Waals surface area (Å²) in [6, 6.07) is 0. The minimum absolute atomic E-state index is 0.0821. The van der Waals surface area contributed by atoms with Crippen LogP contribution in [0.5, 0.6) is 0 Å². The van der Waals surface area contributed by atoms with Crippen LogP contribution < -0.4 is 0 Å². The van der Waals surface area contributed by atoms with Crippen molar-refractivity contribution in [3.63, 3.8) is 0 Å². The zero-order valence-corrected chi connectivity index (χ0v) is 13.6. The predicted octanol–water partition coefficient (Wildman–Crippen LogP) is 2.22. The molecular weight excluding hydrogens is 294 g/mol. The molecule has 2 aliphatic rings. The number of likely N-dealkylation sites (tertiary alicyclic amines) is 1. The Balaban J connectivity index is 1.79. The lowest BCUT2D eigenvalue weighted by molar-refractivity contribution is 0.0721. The van der Waals surface area contributed by atoms with Crippen LogP contribution in [0.3, 0.4) is 0 Å². The summed E-state index contributed by atoms with van der Waals surface area (Å²) >= 11 is 0. The zero-order chi connectivity index (χ0) is 16.2. The van der Waals surface area contributed by atoms with E-state index in [9.17, 15) is 9.59 Å². The molecule has 1 saturated heterocycles.